The van der Waals surface area contributed by atoms with Crippen molar-refractivity contribution >= 4 is 5.91 Å². The van der Waals surface area contributed by atoms with Crippen molar-refractivity contribution in [1.82, 2.24) is 10.2 Å². The predicted octanol–water partition coefficient (Wildman–Crippen LogP) is 3.84. The summed E-state index contributed by atoms with van der Waals surface area (Å²) in [6, 6.07) is 10.5. The van der Waals surface area contributed by atoms with Gasteiger partial charge in [0, 0.05) is 7.05 Å². The molecule has 1 aromatic rings. The SMILES string of the molecule is CC(C)[C@@H]1CC[C@@H](C)C[C@]12N[C@@H](CCc1ccccc1)C(=O)N2C. The van der Waals surface area contributed by atoms with Gasteiger partial charge in [-0.2, -0.15) is 0 Å². The maximum absolute atomic E-state index is 12.9. The molecule has 1 heterocycles. The Morgan fingerprint density at radius 2 is 1.96 bits per heavy atom. The van der Waals surface area contributed by atoms with E-state index in [1.54, 1.807) is 0 Å². The van der Waals surface area contributed by atoms with E-state index in [4.69, 9.17) is 0 Å². The van der Waals surface area contributed by atoms with E-state index in [0.29, 0.717) is 17.8 Å². The van der Waals surface area contributed by atoms with Gasteiger partial charge in [0.1, 0.15) is 0 Å². The molecule has 1 amide bonds. The van der Waals surface area contributed by atoms with Gasteiger partial charge in [0.15, 0.2) is 0 Å². The summed E-state index contributed by atoms with van der Waals surface area (Å²) < 4.78 is 0. The zero-order valence-electron chi connectivity index (χ0n) is 15.6. The van der Waals surface area contributed by atoms with Crippen molar-refractivity contribution in [3.63, 3.8) is 0 Å². The molecule has 2 aliphatic rings. The van der Waals surface area contributed by atoms with Gasteiger partial charge < -0.3 is 4.90 Å². The van der Waals surface area contributed by atoms with Crippen molar-refractivity contribution in [1.29, 1.82) is 0 Å². The van der Waals surface area contributed by atoms with E-state index in [1.807, 2.05) is 13.1 Å². The molecule has 1 saturated heterocycles. The Morgan fingerprint density at radius 3 is 2.62 bits per heavy atom. The summed E-state index contributed by atoms with van der Waals surface area (Å²) in [5.74, 6) is 2.10. The highest BCUT2D eigenvalue weighted by Crippen LogP contribution is 2.45. The lowest BCUT2D eigenvalue weighted by molar-refractivity contribution is -0.134. The number of likely N-dealkylation sites (N-methyl/N-ethyl adjacent to an activating group) is 1. The summed E-state index contributed by atoms with van der Waals surface area (Å²) in [6.45, 7) is 6.94. The van der Waals surface area contributed by atoms with Crippen LogP contribution in [0.15, 0.2) is 30.3 Å². The second-order valence-corrected chi connectivity index (χ2v) is 8.28. The Morgan fingerprint density at radius 1 is 1.25 bits per heavy atom. The van der Waals surface area contributed by atoms with Crippen molar-refractivity contribution < 1.29 is 4.79 Å². The minimum atomic E-state index is -0.135. The quantitative estimate of drug-likeness (QED) is 0.911. The first-order valence-electron chi connectivity index (χ1n) is 9.53. The lowest BCUT2D eigenvalue weighted by atomic mass is 9.69. The molecule has 1 aliphatic carbocycles. The lowest BCUT2D eigenvalue weighted by Gasteiger charge is -2.49. The van der Waals surface area contributed by atoms with Crippen LogP contribution in [0.1, 0.15) is 52.0 Å². The van der Waals surface area contributed by atoms with Crippen molar-refractivity contribution in [2.45, 2.75) is 64.6 Å². The van der Waals surface area contributed by atoms with E-state index in [1.165, 1.54) is 18.4 Å². The largest absolute Gasteiger partial charge is 0.326 e. The van der Waals surface area contributed by atoms with E-state index >= 15 is 0 Å². The predicted molar refractivity (Wildman–Crippen MR) is 98.5 cm³/mol. The summed E-state index contributed by atoms with van der Waals surface area (Å²) in [7, 11) is 2.02. The summed E-state index contributed by atoms with van der Waals surface area (Å²) >= 11 is 0. The van der Waals surface area contributed by atoms with E-state index in [-0.39, 0.29) is 17.6 Å². The standard InChI is InChI=1S/C21H32N2O/c1-15(2)18-12-10-16(3)14-21(18)22-19(20(24)23(21)4)13-11-17-8-6-5-7-9-17/h5-9,15-16,18-19,22H,10-14H2,1-4H3/t16-,18+,19+,21-/m1/s1. The molecule has 0 unspecified atom stereocenters. The molecule has 132 valence electrons. The van der Waals surface area contributed by atoms with Crippen molar-refractivity contribution in [3.05, 3.63) is 35.9 Å². The number of amides is 1. The number of carbonyl (C=O) groups excluding carboxylic acids is 1. The minimum Gasteiger partial charge on any atom is -0.326 e. The van der Waals surface area contributed by atoms with Crippen molar-refractivity contribution in [2.75, 3.05) is 7.05 Å². The maximum atomic E-state index is 12.9. The number of nitrogens with zero attached hydrogens (tertiary/aromatic N) is 1. The van der Waals surface area contributed by atoms with Crippen LogP contribution >= 0.6 is 0 Å². The number of rotatable bonds is 4. The molecular formula is C21H32N2O. The molecule has 1 spiro atoms. The number of aryl methyl sites for hydroxylation is 1. The van der Waals surface area contributed by atoms with Crippen LogP contribution < -0.4 is 5.32 Å². The fourth-order valence-electron chi connectivity index (χ4n) is 4.97. The molecule has 0 radical (unpaired) electrons. The second kappa shape index (κ2) is 6.87. The van der Waals surface area contributed by atoms with Gasteiger partial charge in [-0.25, -0.2) is 0 Å². The molecule has 24 heavy (non-hydrogen) atoms. The van der Waals surface area contributed by atoms with E-state index in [0.717, 1.165) is 19.3 Å². The first-order chi connectivity index (χ1) is 11.4. The van der Waals surface area contributed by atoms with Crippen molar-refractivity contribution in [3.8, 4) is 0 Å². The molecule has 3 heteroatoms. The Hall–Kier alpha value is -1.35. The van der Waals surface area contributed by atoms with Crippen LogP contribution in [0.3, 0.4) is 0 Å². The number of nitrogens with one attached hydrogen (secondary N) is 1. The van der Waals surface area contributed by atoms with Crippen LogP contribution in [0, 0.1) is 17.8 Å². The number of carbonyl (C=O) groups is 1. The highest BCUT2D eigenvalue weighted by atomic mass is 16.2. The number of benzene rings is 1. The molecule has 2 fully saturated rings. The van der Waals surface area contributed by atoms with Crippen LogP contribution in [0.2, 0.25) is 0 Å². The first-order valence-corrected chi connectivity index (χ1v) is 9.53. The summed E-state index contributed by atoms with van der Waals surface area (Å²) in [6.07, 6.45) is 5.42. The van der Waals surface area contributed by atoms with Gasteiger partial charge in [0.2, 0.25) is 5.91 Å². The molecule has 1 aliphatic heterocycles. The Kier molecular flexibility index (Phi) is 5.00. The van der Waals surface area contributed by atoms with Gasteiger partial charge in [-0.05, 0) is 49.0 Å². The van der Waals surface area contributed by atoms with Gasteiger partial charge in [-0.15, -0.1) is 0 Å². The van der Waals surface area contributed by atoms with Gasteiger partial charge in [0.25, 0.3) is 0 Å². The number of hydrogen-bond acceptors (Lipinski definition) is 2. The molecule has 0 bridgehead atoms. The topological polar surface area (TPSA) is 32.3 Å². The van der Waals surface area contributed by atoms with Crippen LogP contribution in [0.25, 0.3) is 0 Å². The third kappa shape index (κ3) is 3.11. The zero-order chi connectivity index (χ0) is 17.3. The summed E-state index contributed by atoms with van der Waals surface area (Å²) in [5.41, 5.74) is 1.18. The van der Waals surface area contributed by atoms with E-state index in [2.05, 4.69) is 55.3 Å². The molecule has 0 aromatic heterocycles. The molecular weight excluding hydrogens is 296 g/mol. The highest BCUT2D eigenvalue weighted by molar-refractivity contribution is 5.85. The smallest absolute Gasteiger partial charge is 0.241 e. The fourth-order valence-corrected chi connectivity index (χ4v) is 4.97. The third-order valence-corrected chi connectivity index (χ3v) is 6.26. The molecule has 4 atom stereocenters. The zero-order valence-corrected chi connectivity index (χ0v) is 15.6. The van der Waals surface area contributed by atoms with Crippen LogP contribution in [0.5, 0.6) is 0 Å². The van der Waals surface area contributed by atoms with Gasteiger partial charge in [-0.3, -0.25) is 10.1 Å². The lowest BCUT2D eigenvalue weighted by Crippen LogP contribution is -2.60. The Balaban J connectivity index is 1.76. The van der Waals surface area contributed by atoms with Gasteiger partial charge >= 0.3 is 0 Å². The highest BCUT2D eigenvalue weighted by Gasteiger charge is 2.55. The Bertz CT molecular complexity index is 570. The average Bonchev–Trinajstić information content (AvgIpc) is 2.79. The number of hydrogen-bond donors (Lipinski definition) is 1. The van der Waals surface area contributed by atoms with E-state index in [9.17, 15) is 4.79 Å². The van der Waals surface area contributed by atoms with E-state index < -0.39 is 0 Å². The first kappa shape index (κ1) is 17.5. The van der Waals surface area contributed by atoms with Gasteiger partial charge in [0.05, 0.1) is 11.7 Å². The average molecular weight is 329 g/mol. The van der Waals surface area contributed by atoms with Crippen LogP contribution in [0.4, 0.5) is 0 Å². The van der Waals surface area contributed by atoms with Crippen LogP contribution in [-0.4, -0.2) is 29.6 Å². The molecule has 3 nitrogen and oxygen atoms in total. The maximum Gasteiger partial charge on any atom is 0.241 e. The van der Waals surface area contributed by atoms with Crippen molar-refractivity contribution in [2.24, 2.45) is 17.8 Å². The molecule has 1 saturated carbocycles. The van der Waals surface area contributed by atoms with Crippen LogP contribution in [-0.2, 0) is 11.2 Å². The summed E-state index contributed by atoms with van der Waals surface area (Å²) in [4.78, 5) is 15.0. The molecule has 1 aromatic carbocycles. The minimum absolute atomic E-state index is 0.0400. The second-order valence-electron chi connectivity index (χ2n) is 8.28. The summed E-state index contributed by atoms with van der Waals surface area (Å²) in [5, 5.41) is 3.81. The molecule has 1 N–H and O–H groups in total. The van der Waals surface area contributed by atoms with Gasteiger partial charge in [-0.1, -0.05) is 57.5 Å². The Labute approximate surface area is 146 Å². The fraction of sp³-hybridized carbons (Fsp3) is 0.667. The third-order valence-electron chi connectivity index (χ3n) is 6.26. The normalized spacial score (nSPS) is 33.6. The molecule has 3 rings (SSSR count). The monoisotopic (exact) mass is 328 g/mol.